The smallest absolute Gasteiger partial charge is 0.226 e. The van der Waals surface area contributed by atoms with Crippen LogP contribution in [0.25, 0.3) is 0 Å². The standard InChI is InChI=1S/C20H30ClN5O/c1-14-17(15(2)25(4)22-14)11-26(13-19-18(21)12-24(3)23-19)20(27)16-9-7-5-6-8-10-16/h12,16H,5-11,13H2,1-4H3. The first kappa shape index (κ1) is 19.9. The minimum atomic E-state index is 0.104. The molecular formula is C20H30ClN5O. The maximum Gasteiger partial charge on any atom is 0.226 e. The molecule has 2 aromatic rings. The fourth-order valence-corrected chi connectivity index (χ4v) is 4.27. The monoisotopic (exact) mass is 391 g/mol. The van der Waals surface area contributed by atoms with Gasteiger partial charge in [0, 0.05) is 44.0 Å². The molecule has 1 aliphatic rings. The Morgan fingerprint density at radius 3 is 2.33 bits per heavy atom. The van der Waals surface area contributed by atoms with Crippen LogP contribution in [0.4, 0.5) is 0 Å². The molecule has 1 amide bonds. The predicted octanol–water partition coefficient (Wildman–Crippen LogP) is 3.92. The number of rotatable bonds is 5. The molecule has 0 aliphatic heterocycles. The van der Waals surface area contributed by atoms with E-state index in [0.717, 1.165) is 48.3 Å². The van der Waals surface area contributed by atoms with Crippen LogP contribution >= 0.6 is 11.6 Å². The molecule has 6 nitrogen and oxygen atoms in total. The molecule has 2 aromatic heterocycles. The van der Waals surface area contributed by atoms with Crippen LogP contribution in [-0.4, -0.2) is 30.4 Å². The Bertz CT molecular complexity index is 802. The third-order valence-corrected chi connectivity index (χ3v) is 6.03. The quantitative estimate of drug-likeness (QED) is 0.726. The third-order valence-electron chi connectivity index (χ3n) is 5.72. The second kappa shape index (κ2) is 8.46. The zero-order chi connectivity index (χ0) is 19.6. The number of hydrogen-bond acceptors (Lipinski definition) is 3. The van der Waals surface area contributed by atoms with Gasteiger partial charge in [-0.15, -0.1) is 0 Å². The van der Waals surface area contributed by atoms with Crippen LogP contribution in [0.1, 0.15) is 61.2 Å². The van der Waals surface area contributed by atoms with E-state index < -0.39 is 0 Å². The summed E-state index contributed by atoms with van der Waals surface area (Å²) in [5.41, 5.74) is 3.94. The molecule has 0 unspecified atom stereocenters. The van der Waals surface area contributed by atoms with E-state index in [2.05, 4.69) is 17.1 Å². The SMILES string of the molecule is Cc1nn(C)c(C)c1CN(Cc1nn(C)cc1Cl)C(=O)C1CCCCCC1. The van der Waals surface area contributed by atoms with Crippen molar-refractivity contribution in [2.45, 2.75) is 65.5 Å². The number of aryl methyl sites for hydroxylation is 3. The molecule has 27 heavy (non-hydrogen) atoms. The van der Waals surface area contributed by atoms with Crippen molar-refractivity contribution in [3.8, 4) is 0 Å². The number of carbonyl (C=O) groups is 1. The van der Waals surface area contributed by atoms with Crippen molar-refractivity contribution in [1.82, 2.24) is 24.5 Å². The second-order valence-corrected chi connectivity index (χ2v) is 8.16. The Morgan fingerprint density at radius 1 is 1.15 bits per heavy atom. The summed E-state index contributed by atoms with van der Waals surface area (Å²) in [4.78, 5) is 15.4. The van der Waals surface area contributed by atoms with E-state index in [-0.39, 0.29) is 11.8 Å². The maximum atomic E-state index is 13.4. The average Bonchev–Trinajstić information content (AvgIpc) is 2.94. The first-order valence-electron chi connectivity index (χ1n) is 9.82. The van der Waals surface area contributed by atoms with Gasteiger partial charge in [-0.3, -0.25) is 14.2 Å². The molecular weight excluding hydrogens is 362 g/mol. The van der Waals surface area contributed by atoms with E-state index in [1.165, 1.54) is 12.8 Å². The molecule has 148 valence electrons. The highest BCUT2D eigenvalue weighted by Gasteiger charge is 2.28. The van der Waals surface area contributed by atoms with Crippen molar-refractivity contribution in [1.29, 1.82) is 0 Å². The normalized spacial score (nSPS) is 15.7. The predicted molar refractivity (Wildman–Crippen MR) is 106 cm³/mol. The lowest BCUT2D eigenvalue weighted by Crippen LogP contribution is -2.35. The fourth-order valence-electron chi connectivity index (χ4n) is 4.03. The number of nitrogens with zero attached hydrogens (tertiary/aromatic N) is 5. The lowest BCUT2D eigenvalue weighted by molar-refractivity contribution is -0.137. The molecule has 0 aromatic carbocycles. The van der Waals surface area contributed by atoms with Gasteiger partial charge in [0.2, 0.25) is 5.91 Å². The van der Waals surface area contributed by atoms with Gasteiger partial charge in [-0.25, -0.2) is 0 Å². The number of aromatic nitrogens is 4. The molecule has 0 saturated heterocycles. The number of amides is 1. The Labute approximate surface area is 166 Å². The van der Waals surface area contributed by atoms with Gasteiger partial charge in [0.15, 0.2) is 0 Å². The van der Waals surface area contributed by atoms with E-state index in [1.54, 1.807) is 10.9 Å². The first-order valence-corrected chi connectivity index (χ1v) is 10.2. The summed E-state index contributed by atoms with van der Waals surface area (Å²) in [5.74, 6) is 0.327. The summed E-state index contributed by atoms with van der Waals surface area (Å²) in [6, 6.07) is 0. The summed E-state index contributed by atoms with van der Waals surface area (Å²) in [6.07, 6.45) is 8.49. The van der Waals surface area contributed by atoms with Gasteiger partial charge >= 0.3 is 0 Å². The lowest BCUT2D eigenvalue weighted by atomic mass is 9.98. The summed E-state index contributed by atoms with van der Waals surface area (Å²) in [7, 11) is 3.79. The summed E-state index contributed by atoms with van der Waals surface area (Å²) in [5, 5.41) is 9.58. The molecule has 2 heterocycles. The van der Waals surface area contributed by atoms with Gasteiger partial charge in [0.1, 0.15) is 5.69 Å². The van der Waals surface area contributed by atoms with E-state index in [9.17, 15) is 4.79 Å². The summed E-state index contributed by atoms with van der Waals surface area (Å²) >= 11 is 6.34. The van der Waals surface area contributed by atoms with Gasteiger partial charge in [-0.05, 0) is 26.7 Å². The third kappa shape index (κ3) is 4.54. The Morgan fingerprint density at radius 2 is 1.81 bits per heavy atom. The molecule has 1 fully saturated rings. The Hall–Kier alpha value is -1.82. The van der Waals surface area contributed by atoms with Crippen LogP contribution in [0.5, 0.6) is 0 Å². The van der Waals surface area contributed by atoms with Crippen LogP contribution in [0, 0.1) is 19.8 Å². The van der Waals surface area contributed by atoms with Crippen molar-refractivity contribution in [3.05, 3.63) is 33.9 Å². The number of carbonyl (C=O) groups excluding carboxylic acids is 1. The Balaban J connectivity index is 1.87. The Kier molecular flexibility index (Phi) is 6.25. The lowest BCUT2D eigenvalue weighted by Gasteiger charge is -2.27. The van der Waals surface area contributed by atoms with Crippen molar-refractivity contribution in [3.63, 3.8) is 0 Å². The highest BCUT2D eigenvalue weighted by molar-refractivity contribution is 6.31. The van der Waals surface area contributed by atoms with Crippen molar-refractivity contribution >= 4 is 17.5 Å². The van der Waals surface area contributed by atoms with E-state index in [4.69, 9.17) is 11.6 Å². The number of halogens is 1. The van der Waals surface area contributed by atoms with Crippen LogP contribution in [-0.2, 0) is 32.0 Å². The molecule has 0 N–H and O–H groups in total. The minimum Gasteiger partial charge on any atom is -0.332 e. The van der Waals surface area contributed by atoms with Gasteiger partial charge in [-0.1, -0.05) is 37.3 Å². The number of hydrogen-bond donors (Lipinski definition) is 0. The van der Waals surface area contributed by atoms with Gasteiger partial charge < -0.3 is 4.90 Å². The molecule has 7 heteroatoms. The van der Waals surface area contributed by atoms with Crippen LogP contribution in [0.3, 0.4) is 0 Å². The molecule has 0 atom stereocenters. The zero-order valence-corrected chi connectivity index (χ0v) is 17.6. The van der Waals surface area contributed by atoms with Crippen molar-refractivity contribution in [2.75, 3.05) is 0 Å². The van der Waals surface area contributed by atoms with Gasteiger partial charge in [0.05, 0.1) is 17.3 Å². The maximum absolute atomic E-state index is 13.4. The fraction of sp³-hybridized carbons (Fsp3) is 0.650. The summed E-state index contributed by atoms with van der Waals surface area (Å²) in [6.45, 7) is 5.04. The molecule has 1 aliphatic carbocycles. The van der Waals surface area contributed by atoms with Crippen LogP contribution in [0.15, 0.2) is 6.20 Å². The van der Waals surface area contributed by atoms with Gasteiger partial charge in [0.25, 0.3) is 0 Å². The molecule has 0 spiro atoms. The van der Waals surface area contributed by atoms with Crippen molar-refractivity contribution in [2.24, 2.45) is 20.0 Å². The average molecular weight is 392 g/mol. The van der Waals surface area contributed by atoms with Crippen LogP contribution in [0.2, 0.25) is 5.02 Å². The molecule has 0 radical (unpaired) electrons. The molecule has 0 bridgehead atoms. The summed E-state index contributed by atoms with van der Waals surface area (Å²) < 4.78 is 3.58. The van der Waals surface area contributed by atoms with E-state index in [1.807, 2.05) is 30.6 Å². The largest absolute Gasteiger partial charge is 0.332 e. The molecule has 3 rings (SSSR count). The second-order valence-electron chi connectivity index (χ2n) is 7.75. The first-order chi connectivity index (χ1) is 12.9. The van der Waals surface area contributed by atoms with Crippen LogP contribution < -0.4 is 0 Å². The van der Waals surface area contributed by atoms with Crippen molar-refractivity contribution < 1.29 is 4.79 Å². The minimum absolute atomic E-state index is 0.104. The van der Waals surface area contributed by atoms with E-state index >= 15 is 0 Å². The highest BCUT2D eigenvalue weighted by atomic mass is 35.5. The highest BCUT2D eigenvalue weighted by Crippen LogP contribution is 2.27. The van der Waals surface area contributed by atoms with Gasteiger partial charge in [-0.2, -0.15) is 10.2 Å². The topological polar surface area (TPSA) is 56.0 Å². The van der Waals surface area contributed by atoms with E-state index in [0.29, 0.717) is 18.1 Å². The molecule has 1 saturated carbocycles. The zero-order valence-electron chi connectivity index (χ0n) is 16.8.